The first-order valence-electron chi connectivity index (χ1n) is 7.01. The highest BCUT2D eigenvalue weighted by Crippen LogP contribution is 2.58. The molecule has 1 aromatic rings. The molecule has 0 heterocycles. The molecule has 1 aromatic carbocycles. The van der Waals surface area contributed by atoms with Gasteiger partial charge in [0.25, 0.3) is 5.91 Å². The Morgan fingerprint density at radius 1 is 1.27 bits per heavy atom. The average molecular weight is 344 g/mol. The van der Waals surface area contributed by atoms with Gasteiger partial charge in [0.1, 0.15) is 0 Å². The first-order valence-corrected chi connectivity index (χ1v) is 10.1. The van der Waals surface area contributed by atoms with Gasteiger partial charge in [-0.15, -0.1) is 0 Å². The molecule has 0 bridgehead atoms. The Morgan fingerprint density at radius 2 is 1.91 bits per heavy atom. The van der Waals surface area contributed by atoms with Gasteiger partial charge in [0, 0.05) is 10.8 Å². The Hall–Kier alpha value is -1.30. The van der Waals surface area contributed by atoms with Gasteiger partial charge < -0.3 is 4.52 Å². The highest BCUT2D eigenvalue weighted by Gasteiger charge is 2.29. The number of imide groups is 1. The van der Waals surface area contributed by atoms with Gasteiger partial charge >= 0.3 is 12.8 Å². The molecule has 0 fully saturated rings. The van der Waals surface area contributed by atoms with Crippen molar-refractivity contribution in [3.8, 4) is 0 Å². The standard InChI is InChI=1S/C14H21N2O4PS/c1-4-11(3)22-21(19,20-5-2)16-14(18)15-13(17)12-9-7-6-8-10-12/h6-11H,4-5H2,1-3H3,(H2,15,16,17,18,19). The molecule has 22 heavy (non-hydrogen) atoms. The van der Waals surface area contributed by atoms with Crippen molar-refractivity contribution >= 4 is 30.0 Å². The summed E-state index contributed by atoms with van der Waals surface area (Å²) < 4.78 is 17.8. The molecule has 8 heteroatoms. The molecule has 0 spiro atoms. The monoisotopic (exact) mass is 344 g/mol. The Balaban J connectivity index is 2.67. The lowest BCUT2D eigenvalue weighted by Crippen LogP contribution is -2.38. The van der Waals surface area contributed by atoms with Crippen LogP contribution in [0.25, 0.3) is 0 Å². The van der Waals surface area contributed by atoms with E-state index in [0.717, 1.165) is 17.8 Å². The van der Waals surface area contributed by atoms with Crippen LogP contribution in [0.3, 0.4) is 0 Å². The Bertz CT molecular complexity index is 553. The van der Waals surface area contributed by atoms with Crippen LogP contribution >= 0.6 is 18.1 Å². The van der Waals surface area contributed by atoms with Crippen LogP contribution in [0, 0.1) is 0 Å². The minimum Gasteiger partial charge on any atom is -0.306 e. The molecule has 2 atom stereocenters. The fraction of sp³-hybridized carbons (Fsp3) is 0.429. The van der Waals surface area contributed by atoms with Gasteiger partial charge in [-0.05, 0) is 36.9 Å². The first-order chi connectivity index (χ1) is 10.4. The minimum atomic E-state index is -3.39. The molecule has 3 amide bonds. The molecule has 0 saturated carbocycles. The summed E-state index contributed by atoms with van der Waals surface area (Å²) in [7, 11) is 0. The lowest BCUT2D eigenvalue weighted by atomic mass is 10.2. The molecule has 0 aliphatic carbocycles. The van der Waals surface area contributed by atoms with E-state index < -0.39 is 18.7 Å². The van der Waals surface area contributed by atoms with Crippen LogP contribution in [0.4, 0.5) is 4.79 Å². The van der Waals surface area contributed by atoms with E-state index in [0.29, 0.717) is 5.56 Å². The van der Waals surface area contributed by atoms with Gasteiger partial charge in [-0.25, -0.2) is 4.79 Å². The molecule has 1 rings (SSSR count). The van der Waals surface area contributed by atoms with Gasteiger partial charge in [-0.2, -0.15) is 0 Å². The maximum Gasteiger partial charge on any atom is 0.354 e. The first kappa shape index (κ1) is 18.7. The zero-order valence-electron chi connectivity index (χ0n) is 12.9. The smallest absolute Gasteiger partial charge is 0.306 e. The van der Waals surface area contributed by atoms with Crippen molar-refractivity contribution in [1.82, 2.24) is 10.4 Å². The van der Waals surface area contributed by atoms with Crippen LogP contribution < -0.4 is 10.4 Å². The van der Waals surface area contributed by atoms with Crippen molar-refractivity contribution in [1.29, 1.82) is 0 Å². The molecule has 2 unspecified atom stereocenters. The zero-order valence-corrected chi connectivity index (χ0v) is 14.6. The molecule has 0 saturated heterocycles. The predicted octanol–water partition coefficient (Wildman–Crippen LogP) is 3.80. The quantitative estimate of drug-likeness (QED) is 0.735. The van der Waals surface area contributed by atoms with Gasteiger partial charge in [0.15, 0.2) is 0 Å². The lowest BCUT2D eigenvalue weighted by Gasteiger charge is -2.20. The van der Waals surface area contributed by atoms with Crippen LogP contribution in [0.15, 0.2) is 30.3 Å². The molecule has 6 nitrogen and oxygen atoms in total. The number of amides is 3. The fourth-order valence-corrected chi connectivity index (χ4v) is 5.71. The van der Waals surface area contributed by atoms with Gasteiger partial charge in [0.05, 0.1) is 6.61 Å². The van der Waals surface area contributed by atoms with E-state index >= 15 is 0 Å². The minimum absolute atomic E-state index is 0.0579. The molecule has 0 radical (unpaired) electrons. The molecule has 0 aliphatic heterocycles. The number of urea groups is 1. The number of carbonyl (C=O) groups excluding carboxylic acids is 2. The average Bonchev–Trinajstić information content (AvgIpc) is 2.47. The second kappa shape index (κ2) is 8.98. The molecule has 122 valence electrons. The molecular formula is C14H21N2O4PS. The summed E-state index contributed by atoms with van der Waals surface area (Å²) in [4.78, 5) is 23.7. The molecule has 0 aromatic heterocycles. The Labute approximate surface area is 134 Å². The van der Waals surface area contributed by atoms with Crippen LogP contribution in [0.5, 0.6) is 0 Å². The van der Waals surface area contributed by atoms with Crippen molar-refractivity contribution in [2.45, 2.75) is 32.4 Å². The van der Waals surface area contributed by atoms with Crippen molar-refractivity contribution in [2.24, 2.45) is 0 Å². The third-order valence-electron chi connectivity index (χ3n) is 2.69. The normalized spacial score (nSPS) is 14.7. The van der Waals surface area contributed by atoms with E-state index in [9.17, 15) is 14.2 Å². The third kappa shape index (κ3) is 6.22. The van der Waals surface area contributed by atoms with Crippen molar-refractivity contribution < 1.29 is 18.7 Å². The maximum atomic E-state index is 12.6. The second-order valence-corrected chi connectivity index (χ2v) is 9.07. The van der Waals surface area contributed by atoms with Crippen molar-refractivity contribution in [3.05, 3.63) is 35.9 Å². The van der Waals surface area contributed by atoms with Crippen molar-refractivity contribution in [2.75, 3.05) is 6.61 Å². The van der Waals surface area contributed by atoms with Gasteiger partial charge in [-0.1, -0.05) is 32.0 Å². The number of hydrogen-bond acceptors (Lipinski definition) is 5. The number of rotatable bonds is 7. The molecular weight excluding hydrogens is 323 g/mol. The van der Waals surface area contributed by atoms with Crippen molar-refractivity contribution in [3.63, 3.8) is 0 Å². The lowest BCUT2D eigenvalue weighted by molar-refractivity contribution is 0.0965. The number of carbonyl (C=O) groups is 2. The topological polar surface area (TPSA) is 84.5 Å². The van der Waals surface area contributed by atoms with Gasteiger partial charge in [0.2, 0.25) is 0 Å². The fourth-order valence-electron chi connectivity index (χ4n) is 1.49. The van der Waals surface area contributed by atoms with E-state index in [1.807, 2.05) is 13.8 Å². The van der Waals surface area contributed by atoms with Crippen LogP contribution in [-0.2, 0) is 9.09 Å². The summed E-state index contributed by atoms with van der Waals surface area (Å²) in [5.74, 6) is -0.560. The third-order valence-corrected chi connectivity index (χ3v) is 7.24. The van der Waals surface area contributed by atoms with E-state index in [1.165, 1.54) is 0 Å². The highest BCUT2D eigenvalue weighted by atomic mass is 32.7. The van der Waals surface area contributed by atoms with E-state index in [4.69, 9.17) is 4.52 Å². The summed E-state index contributed by atoms with van der Waals surface area (Å²) in [5, 5.41) is 4.49. The van der Waals surface area contributed by atoms with Crippen LogP contribution in [0.1, 0.15) is 37.6 Å². The predicted molar refractivity (Wildman–Crippen MR) is 89.0 cm³/mol. The van der Waals surface area contributed by atoms with Crippen LogP contribution in [-0.4, -0.2) is 23.8 Å². The van der Waals surface area contributed by atoms with E-state index in [-0.39, 0.29) is 11.9 Å². The summed E-state index contributed by atoms with van der Waals surface area (Å²) in [6.45, 7) is 2.35. The summed E-state index contributed by atoms with van der Waals surface area (Å²) >= 11 is 1.07. The number of nitrogens with one attached hydrogen (secondary N) is 2. The summed E-state index contributed by atoms with van der Waals surface area (Å²) in [5.41, 5.74) is 0.346. The van der Waals surface area contributed by atoms with Crippen LogP contribution in [0.2, 0.25) is 0 Å². The SMILES string of the molecule is CCOP(=O)(NC(=O)NC(=O)c1ccccc1)SC(C)CC. The molecule has 0 aliphatic rings. The Morgan fingerprint density at radius 3 is 2.45 bits per heavy atom. The largest absolute Gasteiger partial charge is 0.354 e. The maximum absolute atomic E-state index is 12.6. The Kier molecular flexibility index (Phi) is 7.65. The van der Waals surface area contributed by atoms with Gasteiger partial charge in [-0.3, -0.25) is 19.8 Å². The summed E-state index contributed by atoms with van der Waals surface area (Å²) in [6, 6.07) is 7.48. The van der Waals surface area contributed by atoms with E-state index in [1.54, 1.807) is 37.3 Å². The highest BCUT2D eigenvalue weighted by molar-refractivity contribution is 8.56. The summed E-state index contributed by atoms with van der Waals surface area (Å²) in [6.07, 6.45) is 0.786. The zero-order chi connectivity index (χ0) is 16.6. The number of hydrogen-bond donors (Lipinski definition) is 2. The molecule has 2 N–H and O–H groups in total. The second-order valence-electron chi connectivity index (χ2n) is 4.50. The number of benzene rings is 1. The van der Waals surface area contributed by atoms with E-state index in [2.05, 4.69) is 10.4 Å².